The van der Waals surface area contributed by atoms with Gasteiger partial charge in [-0.15, -0.1) is 0 Å². The number of carbonyl (C=O) groups excluding carboxylic acids is 1. The van der Waals surface area contributed by atoms with Crippen LogP contribution in [0.25, 0.3) is 10.9 Å². The molecule has 2 unspecified atom stereocenters. The number of hydrogen-bond acceptors (Lipinski definition) is 5. The summed E-state index contributed by atoms with van der Waals surface area (Å²) in [6, 6.07) is 16.0. The zero-order valence-electron chi connectivity index (χ0n) is 18.9. The van der Waals surface area contributed by atoms with E-state index in [0.29, 0.717) is 12.4 Å². The second-order valence-electron chi connectivity index (χ2n) is 8.56. The molecule has 0 saturated heterocycles. The number of aliphatic imine (C=N–C) groups is 1. The highest BCUT2D eigenvalue weighted by atomic mass is 16.2. The molecular formula is C25H31N7O. The van der Waals surface area contributed by atoms with E-state index in [4.69, 9.17) is 11.5 Å². The summed E-state index contributed by atoms with van der Waals surface area (Å²) in [7, 11) is 0. The van der Waals surface area contributed by atoms with Gasteiger partial charge in [0.1, 0.15) is 5.82 Å². The summed E-state index contributed by atoms with van der Waals surface area (Å²) in [5, 5.41) is 7.36. The van der Waals surface area contributed by atoms with Crippen LogP contribution in [0.4, 0.5) is 5.82 Å². The zero-order chi connectivity index (χ0) is 23.2. The molecule has 8 heteroatoms. The van der Waals surface area contributed by atoms with Gasteiger partial charge < -0.3 is 22.1 Å². The van der Waals surface area contributed by atoms with Gasteiger partial charge in [0.25, 0.3) is 5.91 Å². The summed E-state index contributed by atoms with van der Waals surface area (Å²) in [4.78, 5) is 26.5. The number of nitrogens with zero attached hydrogens (tertiary/aromatic N) is 3. The SMILES string of the molecule is Cc1ccc2nc(C(=O)NCCc3ccccc3)nc(NC3CCCCC3N=C(N)N)c2c1. The predicted molar refractivity (Wildman–Crippen MR) is 132 cm³/mol. The Kier molecular flexibility index (Phi) is 7.02. The molecular weight excluding hydrogens is 414 g/mol. The summed E-state index contributed by atoms with van der Waals surface area (Å²) in [5.41, 5.74) is 14.3. The van der Waals surface area contributed by atoms with Crippen LogP contribution in [0.5, 0.6) is 0 Å². The zero-order valence-corrected chi connectivity index (χ0v) is 18.9. The van der Waals surface area contributed by atoms with Crippen molar-refractivity contribution in [2.75, 3.05) is 11.9 Å². The molecule has 3 aromatic rings. The number of carbonyl (C=O) groups is 1. The molecule has 1 saturated carbocycles. The van der Waals surface area contributed by atoms with Crippen molar-refractivity contribution in [1.82, 2.24) is 15.3 Å². The van der Waals surface area contributed by atoms with Crippen molar-refractivity contribution < 1.29 is 4.79 Å². The second kappa shape index (κ2) is 10.3. The van der Waals surface area contributed by atoms with E-state index in [1.165, 1.54) is 0 Å². The third-order valence-electron chi connectivity index (χ3n) is 5.96. The number of amides is 1. The lowest BCUT2D eigenvalue weighted by atomic mass is 9.90. The molecule has 1 aliphatic rings. The van der Waals surface area contributed by atoms with Gasteiger partial charge >= 0.3 is 0 Å². The predicted octanol–water partition coefficient (Wildman–Crippen LogP) is 2.91. The summed E-state index contributed by atoms with van der Waals surface area (Å²) in [5.74, 6) is 0.590. The third-order valence-corrected chi connectivity index (χ3v) is 5.96. The highest BCUT2D eigenvalue weighted by molar-refractivity contribution is 5.96. The van der Waals surface area contributed by atoms with Gasteiger partial charge in [0.15, 0.2) is 5.96 Å². The van der Waals surface area contributed by atoms with Gasteiger partial charge in [-0.2, -0.15) is 0 Å². The lowest BCUT2D eigenvalue weighted by Gasteiger charge is -2.30. The number of rotatable bonds is 7. The standard InChI is InChI=1S/C25H31N7O/c1-16-11-12-19-18(15-16)22(30-20-9-5-6-10-21(20)31-25(26)27)32-23(29-19)24(33)28-14-13-17-7-3-2-4-8-17/h2-4,7-8,11-12,15,20-21H,5-6,9-10,13-14H2,1H3,(H,28,33)(H4,26,27,31)(H,29,30,32). The minimum absolute atomic E-state index is 0.0262. The summed E-state index contributed by atoms with van der Waals surface area (Å²) < 4.78 is 0. The van der Waals surface area contributed by atoms with Crippen molar-refractivity contribution >= 4 is 28.6 Å². The van der Waals surface area contributed by atoms with E-state index in [0.717, 1.165) is 54.1 Å². The van der Waals surface area contributed by atoms with Gasteiger partial charge in [-0.1, -0.05) is 54.8 Å². The summed E-state index contributed by atoms with van der Waals surface area (Å²) in [6.07, 6.45) is 4.75. The molecule has 1 aliphatic carbocycles. The van der Waals surface area contributed by atoms with Crippen LogP contribution in [0.3, 0.4) is 0 Å². The first-order valence-electron chi connectivity index (χ1n) is 11.5. The lowest BCUT2D eigenvalue weighted by molar-refractivity contribution is 0.0944. The average Bonchev–Trinajstić information content (AvgIpc) is 2.81. The Balaban J connectivity index is 1.57. The topological polar surface area (TPSA) is 131 Å². The fraction of sp³-hybridized carbons (Fsp3) is 0.360. The van der Waals surface area contributed by atoms with E-state index in [1.807, 2.05) is 55.5 Å². The molecule has 1 aromatic heterocycles. The fourth-order valence-electron chi connectivity index (χ4n) is 4.30. The van der Waals surface area contributed by atoms with Gasteiger partial charge in [0.05, 0.1) is 17.6 Å². The van der Waals surface area contributed by atoms with Crippen molar-refractivity contribution in [1.29, 1.82) is 0 Å². The summed E-state index contributed by atoms with van der Waals surface area (Å²) in [6.45, 7) is 2.53. The molecule has 1 amide bonds. The Morgan fingerprint density at radius 1 is 1.09 bits per heavy atom. The molecule has 8 nitrogen and oxygen atoms in total. The maximum absolute atomic E-state index is 12.9. The van der Waals surface area contributed by atoms with Crippen molar-refractivity contribution in [3.63, 3.8) is 0 Å². The van der Waals surface area contributed by atoms with Crippen LogP contribution in [0.15, 0.2) is 53.5 Å². The minimum atomic E-state index is -0.291. The highest BCUT2D eigenvalue weighted by Gasteiger charge is 2.26. The van der Waals surface area contributed by atoms with E-state index in [1.54, 1.807) is 0 Å². The largest absolute Gasteiger partial charge is 0.370 e. The molecule has 1 fully saturated rings. The molecule has 4 rings (SSSR count). The van der Waals surface area contributed by atoms with E-state index in [9.17, 15) is 4.79 Å². The van der Waals surface area contributed by atoms with Crippen LogP contribution < -0.4 is 22.1 Å². The monoisotopic (exact) mass is 445 g/mol. The number of fused-ring (bicyclic) bond motifs is 1. The van der Waals surface area contributed by atoms with Crippen molar-refractivity contribution in [3.05, 3.63) is 65.5 Å². The maximum atomic E-state index is 12.9. The van der Waals surface area contributed by atoms with Crippen LogP contribution in [0, 0.1) is 6.92 Å². The Labute approximate surface area is 193 Å². The van der Waals surface area contributed by atoms with E-state index in [-0.39, 0.29) is 29.8 Å². The Hall–Kier alpha value is -3.68. The second-order valence-corrected chi connectivity index (χ2v) is 8.56. The number of aromatic nitrogens is 2. The summed E-state index contributed by atoms with van der Waals surface area (Å²) >= 11 is 0. The normalized spacial score (nSPS) is 18.0. The van der Waals surface area contributed by atoms with Crippen molar-refractivity contribution in [2.24, 2.45) is 16.5 Å². The number of aryl methyl sites for hydroxylation is 1. The molecule has 172 valence electrons. The third kappa shape index (κ3) is 5.77. The number of nitrogens with two attached hydrogens (primary N) is 2. The number of nitrogens with one attached hydrogen (secondary N) is 2. The van der Waals surface area contributed by atoms with Crippen LogP contribution in [0.1, 0.15) is 47.4 Å². The number of benzene rings is 2. The van der Waals surface area contributed by atoms with Crippen LogP contribution in [-0.4, -0.2) is 40.5 Å². The first-order valence-corrected chi connectivity index (χ1v) is 11.5. The molecule has 2 aromatic carbocycles. The van der Waals surface area contributed by atoms with E-state index < -0.39 is 0 Å². The van der Waals surface area contributed by atoms with Gasteiger partial charge in [0.2, 0.25) is 5.82 Å². The van der Waals surface area contributed by atoms with Gasteiger partial charge in [0, 0.05) is 11.9 Å². The van der Waals surface area contributed by atoms with Crippen molar-refractivity contribution in [3.8, 4) is 0 Å². The molecule has 6 N–H and O–H groups in total. The number of hydrogen-bond donors (Lipinski definition) is 4. The Morgan fingerprint density at radius 2 is 1.88 bits per heavy atom. The Bertz CT molecular complexity index is 1140. The molecule has 33 heavy (non-hydrogen) atoms. The Morgan fingerprint density at radius 3 is 2.67 bits per heavy atom. The van der Waals surface area contributed by atoms with E-state index >= 15 is 0 Å². The van der Waals surface area contributed by atoms with Gasteiger partial charge in [-0.05, 0) is 43.9 Å². The van der Waals surface area contributed by atoms with Crippen LogP contribution in [-0.2, 0) is 6.42 Å². The molecule has 0 bridgehead atoms. The molecule has 0 spiro atoms. The molecule has 0 radical (unpaired) electrons. The highest BCUT2D eigenvalue weighted by Crippen LogP contribution is 2.28. The van der Waals surface area contributed by atoms with Crippen LogP contribution in [0.2, 0.25) is 0 Å². The smallest absolute Gasteiger partial charge is 0.289 e. The number of anilines is 1. The first kappa shape index (κ1) is 22.5. The number of guanidine groups is 1. The minimum Gasteiger partial charge on any atom is -0.370 e. The molecule has 2 atom stereocenters. The van der Waals surface area contributed by atoms with E-state index in [2.05, 4.69) is 25.6 Å². The van der Waals surface area contributed by atoms with Gasteiger partial charge in [-0.25, -0.2) is 15.0 Å². The molecule has 0 aliphatic heterocycles. The fourth-order valence-corrected chi connectivity index (χ4v) is 4.30. The lowest BCUT2D eigenvalue weighted by Crippen LogP contribution is -2.38. The first-order chi connectivity index (χ1) is 16.0. The van der Waals surface area contributed by atoms with Crippen molar-refractivity contribution in [2.45, 2.75) is 51.1 Å². The van der Waals surface area contributed by atoms with Gasteiger partial charge in [-0.3, -0.25) is 4.79 Å². The average molecular weight is 446 g/mol. The maximum Gasteiger partial charge on any atom is 0.289 e. The molecule has 1 heterocycles. The quantitative estimate of drug-likeness (QED) is 0.327. The van der Waals surface area contributed by atoms with Crippen LogP contribution >= 0.6 is 0 Å².